The van der Waals surface area contributed by atoms with Crippen LogP contribution in [0.4, 0.5) is 0 Å². The maximum atomic E-state index is 13.3. The Bertz CT molecular complexity index is 1540. The minimum atomic E-state index is -0.0832. The van der Waals surface area contributed by atoms with Crippen molar-refractivity contribution in [2.75, 3.05) is 21.3 Å². The molecular formula is C25H22N4O5S2. The quantitative estimate of drug-likeness (QED) is 0.198. The lowest BCUT2D eigenvalue weighted by molar-refractivity contribution is 0.324. The Kier molecular flexibility index (Phi) is 6.92. The molecule has 0 bridgehead atoms. The number of fused-ring (bicyclic) bond motifs is 1. The zero-order valence-electron chi connectivity index (χ0n) is 19.8. The number of hydrogen-bond acceptors (Lipinski definition) is 10. The van der Waals surface area contributed by atoms with E-state index in [1.807, 2.05) is 35.7 Å². The molecule has 0 saturated heterocycles. The number of aromatic nitrogens is 4. The van der Waals surface area contributed by atoms with E-state index in [4.69, 9.17) is 23.7 Å². The van der Waals surface area contributed by atoms with Crippen LogP contribution in [-0.2, 0) is 12.3 Å². The van der Waals surface area contributed by atoms with E-state index < -0.39 is 0 Å². The fourth-order valence-corrected chi connectivity index (χ4v) is 5.25. The highest BCUT2D eigenvalue weighted by Gasteiger charge is 2.19. The average Bonchev–Trinajstić information content (AvgIpc) is 3.61. The van der Waals surface area contributed by atoms with Crippen molar-refractivity contribution in [3.63, 3.8) is 0 Å². The summed E-state index contributed by atoms with van der Waals surface area (Å²) in [6.07, 6.45) is 0. The Morgan fingerprint density at radius 1 is 1.00 bits per heavy atom. The van der Waals surface area contributed by atoms with Gasteiger partial charge in [-0.3, -0.25) is 9.36 Å². The third-order valence-electron chi connectivity index (χ3n) is 5.44. The summed E-state index contributed by atoms with van der Waals surface area (Å²) in [5.41, 5.74) is 1.22. The first-order chi connectivity index (χ1) is 17.6. The van der Waals surface area contributed by atoms with Gasteiger partial charge in [-0.25, -0.2) is 4.98 Å². The van der Waals surface area contributed by atoms with Gasteiger partial charge in [0.15, 0.2) is 16.7 Å². The molecule has 3 heterocycles. The normalized spacial score (nSPS) is 11.1. The molecule has 5 rings (SSSR count). The number of para-hydroxylation sites is 1. The number of thioether (sulfide) groups is 1. The largest absolute Gasteiger partial charge is 0.493 e. The summed E-state index contributed by atoms with van der Waals surface area (Å²) in [6, 6.07) is 14.8. The lowest BCUT2D eigenvalue weighted by Crippen LogP contribution is -2.23. The van der Waals surface area contributed by atoms with Crippen LogP contribution in [0.2, 0.25) is 0 Å². The second kappa shape index (κ2) is 10.4. The van der Waals surface area contributed by atoms with Crippen LogP contribution >= 0.6 is 23.1 Å². The van der Waals surface area contributed by atoms with Crippen LogP contribution in [0.1, 0.15) is 10.8 Å². The lowest BCUT2D eigenvalue weighted by atomic mass is 10.1. The van der Waals surface area contributed by atoms with Gasteiger partial charge in [0.2, 0.25) is 17.5 Å². The number of methoxy groups -OCH3 is 3. The molecule has 0 amide bonds. The zero-order valence-corrected chi connectivity index (χ0v) is 21.4. The molecule has 0 spiro atoms. The van der Waals surface area contributed by atoms with Crippen molar-refractivity contribution < 1.29 is 18.7 Å². The highest BCUT2D eigenvalue weighted by Crippen LogP contribution is 2.40. The third kappa shape index (κ3) is 4.67. The van der Waals surface area contributed by atoms with Crippen LogP contribution in [0.5, 0.6) is 17.2 Å². The molecule has 2 aromatic carbocycles. The van der Waals surface area contributed by atoms with Crippen molar-refractivity contribution in [2.24, 2.45) is 0 Å². The van der Waals surface area contributed by atoms with Crippen molar-refractivity contribution in [1.29, 1.82) is 0 Å². The Morgan fingerprint density at radius 2 is 1.78 bits per heavy atom. The molecule has 184 valence electrons. The Balaban J connectivity index is 1.44. The van der Waals surface area contributed by atoms with Crippen LogP contribution in [0.3, 0.4) is 0 Å². The fraction of sp³-hybridized carbons (Fsp3) is 0.200. The molecule has 0 aliphatic rings. The van der Waals surface area contributed by atoms with Crippen LogP contribution in [0.25, 0.3) is 22.3 Å². The molecule has 0 aliphatic carbocycles. The fourth-order valence-electron chi connectivity index (χ4n) is 3.72. The molecule has 0 fully saturated rings. The maximum Gasteiger partial charge on any atom is 0.262 e. The zero-order chi connectivity index (χ0) is 25.1. The van der Waals surface area contributed by atoms with Crippen molar-refractivity contribution >= 4 is 34.0 Å². The molecule has 5 aromatic rings. The minimum Gasteiger partial charge on any atom is -0.493 e. The van der Waals surface area contributed by atoms with E-state index in [1.165, 1.54) is 11.8 Å². The predicted molar refractivity (Wildman–Crippen MR) is 138 cm³/mol. The van der Waals surface area contributed by atoms with Gasteiger partial charge in [-0.05, 0) is 35.7 Å². The molecule has 9 nitrogen and oxygen atoms in total. The number of nitrogens with zero attached hydrogens (tertiary/aromatic N) is 4. The van der Waals surface area contributed by atoms with Crippen LogP contribution < -0.4 is 19.8 Å². The second-order valence-corrected chi connectivity index (χ2v) is 9.57. The summed E-state index contributed by atoms with van der Waals surface area (Å²) in [5, 5.41) is 7.28. The standard InChI is InChI=1S/C25H22N4O5S2/c1-31-19-11-15(12-20(32-2)22(19)33-3)23-27-21(34-28-23)14-36-25-26-18-9-5-4-8-17(18)24(30)29(25)13-16-7-6-10-35-16/h4-12H,13-14H2,1-3H3. The topological polar surface area (TPSA) is 102 Å². The van der Waals surface area contributed by atoms with Gasteiger partial charge < -0.3 is 18.7 Å². The molecule has 0 aliphatic heterocycles. The van der Waals surface area contributed by atoms with Crippen LogP contribution in [0, 0.1) is 0 Å². The van der Waals surface area contributed by atoms with Crippen molar-refractivity contribution in [2.45, 2.75) is 17.5 Å². The summed E-state index contributed by atoms with van der Waals surface area (Å²) in [5.74, 6) is 2.58. The van der Waals surface area contributed by atoms with E-state index >= 15 is 0 Å². The molecule has 3 aromatic heterocycles. The molecule has 0 N–H and O–H groups in total. The number of thiophene rings is 1. The monoisotopic (exact) mass is 522 g/mol. The van der Waals surface area contributed by atoms with Gasteiger partial charge in [-0.15, -0.1) is 11.3 Å². The lowest BCUT2D eigenvalue weighted by Gasteiger charge is -2.12. The number of hydrogen-bond donors (Lipinski definition) is 0. The van der Waals surface area contributed by atoms with Gasteiger partial charge in [0, 0.05) is 10.4 Å². The summed E-state index contributed by atoms with van der Waals surface area (Å²) >= 11 is 2.97. The molecule has 0 unspecified atom stereocenters. The van der Waals surface area contributed by atoms with Gasteiger partial charge in [-0.2, -0.15) is 4.98 Å². The highest BCUT2D eigenvalue weighted by molar-refractivity contribution is 7.98. The van der Waals surface area contributed by atoms with Crippen molar-refractivity contribution in [1.82, 2.24) is 19.7 Å². The van der Waals surface area contributed by atoms with Gasteiger partial charge in [-0.1, -0.05) is 35.1 Å². The second-order valence-electron chi connectivity index (χ2n) is 7.60. The van der Waals surface area contributed by atoms with E-state index in [9.17, 15) is 4.79 Å². The molecule has 0 radical (unpaired) electrons. The Morgan fingerprint density at radius 3 is 2.47 bits per heavy atom. The average molecular weight is 523 g/mol. The maximum absolute atomic E-state index is 13.3. The summed E-state index contributed by atoms with van der Waals surface area (Å²) in [7, 11) is 4.64. The van der Waals surface area contributed by atoms with Crippen molar-refractivity contribution in [3.05, 3.63) is 75.0 Å². The molecule has 11 heteroatoms. The van der Waals surface area contributed by atoms with E-state index in [-0.39, 0.29) is 5.56 Å². The molecule has 0 saturated carbocycles. The minimum absolute atomic E-state index is 0.0832. The highest BCUT2D eigenvalue weighted by atomic mass is 32.2. The smallest absolute Gasteiger partial charge is 0.262 e. The third-order valence-corrected chi connectivity index (χ3v) is 7.26. The molecular weight excluding hydrogens is 500 g/mol. The van der Waals surface area contributed by atoms with Gasteiger partial charge in [0.1, 0.15) is 0 Å². The SMILES string of the molecule is COc1cc(-c2noc(CSc3nc4ccccc4c(=O)n3Cc3cccs3)n2)cc(OC)c1OC. The summed E-state index contributed by atoms with van der Waals surface area (Å²) < 4.78 is 23.4. The van der Waals surface area contributed by atoms with E-state index in [1.54, 1.807) is 55.4 Å². The number of ether oxygens (including phenoxy) is 3. The number of rotatable bonds is 9. The first-order valence-corrected chi connectivity index (χ1v) is 12.8. The predicted octanol–water partition coefficient (Wildman–Crippen LogP) is 4.87. The van der Waals surface area contributed by atoms with Gasteiger partial charge >= 0.3 is 0 Å². The van der Waals surface area contributed by atoms with Gasteiger partial charge in [0.25, 0.3) is 5.56 Å². The molecule has 0 atom stereocenters. The summed E-state index contributed by atoms with van der Waals surface area (Å²) in [4.78, 5) is 23.6. The first-order valence-electron chi connectivity index (χ1n) is 10.9. The molecule has 36 heavy (non-hydrogen) atoms. The van der Waals surface area contributed by atoms with E-state index in [0.29, 0.717) is 62.9 Å². The Labute approximate surface area is 214 Å². The van der Waals surface area contributed by atoms with Crippen LogP contribution in [-0.4, -0.2) is 41.0 Å². The van der Waals surface area contributed by atoms with E-state index in [0.717, 1.165) is 4.88 Å². The first kappa shape index (κ1) is 23.9. The number of benzene rings is 2. The van der Waals surface area contributed by atoms with E-state index in [2.05, 4.69) is 10.1 Å². The van der Waals surface area contributed by atoms with Crippen LogP contribution in [0.15, 0.2) is 68.4 Å². The summed E-state index contributed by atoms with van der Waals surface area (Å²) in [6.45, 7) is 0.442. The van der Waals surface area contributed by atoms with Gasteiger partial charge in [0.05, 0.1) is 44.5 Å². The van der Waals surface area contributed by atoms with Crippen molar-refractivity contribution in [3.8, 4) is 28.6 Å². The Hall–Kier alpha value is -3.83.